The lowest BCUT2D eigenvalue weighted by Gasteiger charge is -2.47. The zero-order valence-corrected chi connectivity index (χ0v) is 10.9. The summed E-state index contributed by atoms with van der Waals surface area (Å²) in [6.07, 6.45) is -0.468. The van der Waals surface area contributed by atoms with Crippen LogP contribution in [0.25, 0.3) is 0 Å². The standard InChI is InChI=1S/C10H12B3F4NO/c11-10(12,13)18-2-4(3-18)19-9-7(16)5(14)1-6(15)8(9)17/h1,4H,2-3,11-13H2. The van der Waals surface area contributed by atoms with E-state index < -0.39 is 35.1 Å². The molecule has 100 valence electrons. The zero-order chi connectivity index (χ0) is 14.4. The lowest BCUT2D eigenvalue weighted by Crippen LogP contribution is -2.65. The Kier molecular flexibility index (Phi) is 3.60. The first kappa shape index (κ1) is 14.3. The molecule has 0 atom stereocenters. The summed E-state index contributed by atoms with van der Waals surface area (Å²) in [6, 6.07) is 0.166. The van der Waals surface area contributed by atoms with E-state index in [0.29, 0.717) is 13.1 Å². The van der Waals surface area contributed by atoms with Gasteiger partial charge >= 0.3 is 0 Å². The summed E-state index contributed by atoms with van der Waals surface area (Å²) in [7, 11) is 5.98. The minimum Gasteiger partial charge on any atom is -0.481 e. The van der Waals surface area contributed by atoms with E-state index in [4.69, 9.17) is 4.74 Å². The average molecular weight is 271 g/mol. The number of benzene rings is 1. The lowest BCUT2D eigenvalue weighted by molar-refractivity contribution is 0.0113. The monoisotopic (exact) mass is 271 g/mol. The summed E-state index contributed by atoms with van der Waals surface area (Å²) in [5.41, 5.74) is 0. The summed E-state index contributed by atoms with van der Waals surface area (Å²) in [6.45, 7) is 0.918. The van der Waals surface area contributed by atoms with Crippen LogP contribution in [0.4, 0.5) is 17.6 Å². The molecule has 0 aliphatic carbocycles. The summed E-state index contributed by atoms with van der Waals surface area (Å²) in [5, 5.41) is -0.0792. The van der Waals surface area contributed by atoms with Crippen molar-refractivity contribution in [1.29, 1.82) is 0 Å². The van der Waals surface area contributed by atoms with Gasteiger partial charge in [0.25, 0.3) is 0 Å². The second kappa shape index (κ2) is 4.78. The molecule has 19 heavy (non-hydrogen) atoms. The fraction of sp³-hybridized carbons (Fsp3) is 0.400. The van der Waals surface area contributed by atoms with Gasteiger partial charge in [0.05, 0.1) is 0 Å². The molecule has 0 N–H and O–H groups in total. The van der Waals surface area contributed by atoms with E-state index in [2.05, 4.69) is 0 Å². The third kappa shape index (κ3) is 2.75. The summed E-state index contributed by atoms with van der Waals surface area (Å²) < 4.78 is 57.7. The first-order chi connectivity index (χ1) is 8.70. The van der Waals surface area contributed by atoms with Crippen LogP contribution in [0.2, 0.25) is 0 Å². The SMILES string of the molecule is BC(B)(B)N1CC(Oc2c(F)c(F)cc(F)c2F)C1. The van der Waals surface area contributed by atoms with Crippen LogP contribution in [0.1, 0.15) is 0 Å². The molecule has 0 spiro atoms. The van der Waals surface area contributed by atoms with Crippen LogP contribution in [-0.4, -0.2) is 52.9 Å². The van der Waals surface area contributed by atoms with E-state index in [0.717, 1.165) is 0 Å². The van der Waals surface area contributed by atoms with Crippen molar-refractivity contribution in [2.75, 3.05) is 13.1 Å². The van der Waals surface area contributed by atoms with Gasteiger partial charge in [0.2, 0.25) is 11.6 Å². The molecule has 2 rings (SSSR count). The van der Waals surface area contributed by atoms with Crippen LogP contribution < -0.4 is 4.74 Å². The van der Waals surface area contributed by atoms with E-state index in [1.54, 1.807) is 0 Å². The molecule has 0 radical (unpaired) electrons. The maximum Gasteiger partial charge on any atom is 0.203 e. The highest BCUT2D eigenvalue weighted by molar-refractivity contribution is 6.59. The molecule has 1 aromatic rings. The highest BCUT2D eigenvalue weighted by Crippen LogP contribution is 2.29. The number of halogens is 4. The molecule has 0 amide bonds. The Balaban J connectivity index is 2.10. The minimum absolute atomic E-state index is 0.0792. The third-order valence-corrected chi connectivity index (χ3v) is 3.15. The molecule has 0 saturated carbocycles. The van der Waals surface area contributed by atoms with Crippen molar-refractivity contribution in [2.24, 2.45) is 0 Å². The quantitative estimate of drug-likeness (QED) is 0.389. The van der Waals surface area contributed by atoms with Crippen LogP contribution in [0, 0.1) is 23.3 Å². The van der Waals surface area contributed by atoms with Crippen molar-refractivity contribution in [1.82, 2.24) is 4.90 Å². The Morgan fingerprint density at radius 2 is 1.53 bits per heavy atom. The Morgan fingerprint density at radius 3 is 1.95 bits per heavy atom. The van der Waals surface area contributed by atoms with Gasteiger partial charge in [-0.25, -0.2) is 8.78 Å². The molecule has 1 saturated heterocycles. The van der Waals surface area contributed by atoms with Gasteiger partial charge in [-0.3, -0.25) is 0 Å². The van der Waals surface area contributed by atoms with E-state index in [1.807, 2.05) is 28.4 Å². The van der Waals surface area contributed by atoms with Gasteiger partial charge in [-0.1, -0.05) is 5.24 Å². The van der Waals surface area contributed by atoms with Crippen LogP contribution >= 0.6 is 0 Å². The number of ether oxygens (including phenoxy) is 1. The van der Waals surface area contributed by atoms with Crippen molar-refractivity contribution in [3.05, 3.63) is 29.3 Å². The minimum atomic E-state index is -1.49. The van der Waals surface area contributed by atoms with E-state index in [9.17, 15) is 17.6 Å². The molecule has 9 heteroatoms. The third-order valence-electron chi connectivity index (χ3n) is 3.15. The molecule has 0 aromatic heterocycles. The lowest BCUT2D eigenvalue weighted by atomic mass is 9.47. The van der Waals surface area contributed by atoms with Crippen molar-refractivity contribution in [3.8, 4) is 5.75 Å². The Morgan fingerprint density at radius 1 is 1.05 bits per heavy atom. The highest BCUT2D eigenvalue weighted by Gasteiger charge is 2.36. The van der Waals surface area contributed by atoms with Gasteiger partial charge in [-0.05, 0) is 0 Å². The first-order valence-electron chi connectivity index (χ1n) is 5.95. The normalized spacial score (nSPS) is 17.3. The molecular formula is C10H12B3F4NO. The largest absolute Gasteiger partial charge is 0.481 e. The van der Waals surface area contributed by atoms with E-state index in [-0.39, 0.29) is 11.3 Å². The maximum atomic E-state index is 13.4. The van der Waals surface area contributed by atoms with Gasteiger partial charge in [0.1, 0.15) is 29.6 Å². The fourth-order valence-electron chi connectivity index (χ4n) is 1.88. The number of nitrogens with zero attached hydrogens (tertiary/aromatic N) is 1. The predicted molar refractivity (Wildman–Crippen MR) is 70.6 cm³/mol. The van der Waals surface area contributed by atoms with Crippen molar-refractivity contribution >= 4 is 23.5 Å². The Hall–Kier alpha value is -1.11. The average Bonchev–Trinajstić information content (AvgIpc) is 2.22. The summed E-state index contributed by atoms with van der Waals surface area (Å²) in [4.78, 5) is 2.03. The highest BCUT2D eigenvalue weighted by atomic mass is 19.2. The van der Waals surface area contributed by atoms with Crippen LogP contribution in [0.5, 0.6) is 5.75 Å². The smallest absolute Gasteiger partial charge is 0.203 e. The molecule has 0 bridgehead atoms. The molecular weight excluding hydrogens is 259 g/mol. The topological polar surface area (TPSA) is 12.5 Å². The molecule has 1 aliphatic heterocycles. The molecule has 1 aliphatic rings. The molecule has 1 fully saturated rings. The Labute approximate surface area is 111 Å². The molecule has 1 aromatic carbocycles. The number of rotatable bonds is 3. The van der Waals surface area contributed by atoms with Crippen LogP contribution in [0.3, 0.4) is 0 Å². The van der Waals surface area contributed by atoms with E-state index in [1.165, 1.54) is 0 Å². The number of hydrogen-bond acceptors (Lipinski definition) is 2. The zero-order valence-electron chi connectivity index (χ0n) is 10.9. The van der Waals surface area contributed by atoms with Crippen molar-refractivity contribution in [3.63, 3.8) is 0 Å². The molecule has 2 nitrogen and oxygen atoms in total. The van der Waals surface area contributed by atoms with E-state index >= 15 is 0 Å². The van der Waals surface area contributed by atoms with Crippen LogP contribution in [-0.2, 0) is 0 Å². The van der Waals surface area contributed by atoms with Crippen LogP contribution in [0.15, 0.2) is 6.07 Å². The van der Waals surface area contributed by atoms with Gasteiger partial charge < -0.3 is 9.64 Å². The molecule has 1 heterocycles. The first-order valence-corrected chi connectivity index (χ1v) is 5.95. The number of likely N-dealkylation sites (tertiary alicyclic amines) is 1. The Bertz CT molecular complexity index is 476. The predicted octanol–water partition coefficient (Wildman–Crippen LogP) is -1.18. The summed E-state index contributed by atoms with van der Waals surface area (Å²) in [5.74, 6) is -6.88. The van der Waals surface area contributed by atoms with Gasteiger partial charge in [-0.2, -0.15) is 8.78 Å². The van der Waals surface area contributed by atoms with Gasteiger partial charge in [-0.15, -0.1) is 0 Å². The van der Waals surface area contributed by atoms with Gasteiger partial charge in [0, 0.05) is 19.2 Å². The number of hydrogen-bond donors (Lipinski definition) is 0. The fourth-order valence-corrected chi connectivity index (χ4v) is 1.88. The summed E-state index contributed by atoms with van der Waals surface area (Å²) >= 11 is 0. The second-order valence-corrected chi connectivity index (χ2v) is 5.61. The van der Waals surface area contributed by atoms with Crippen molar-refractivity contribution < 1.29 is 22.3 Å². The second-order valence-electron chi connectivity index (χ2n) is 5.61. The van der Waals surface area contributed by atoms with Gasteiger partial charge in [0.15, 0.2) is 17.4 Å². The van der Waals surface area contributed by atoms with Crippen molar-refractivity contribution in [2.45, 2.75) is 11.3 Å². The maximum absolute atomic E-state index is 13.4. The molecule has 0 unspecified atom stereocenters.